The van der Waals surface area contributed by atoms with Crippen LogP contribution in [0.1, 0.15) is 328 Å². The van der Waals surface area contributed by atoms with E-state index in [2.05, 4.69) is 165 Å². The number of aliphatic hydroxyl groups excluding tert-OH is 5. The highest BCUT2D eigenvalue weighted by Crippen LogP contribution is 2.24. The predicted molar refractivity (Wildman–Crippen MR) is 405 cm³/mol. The Morgan fingerprint density at radius 1 is 0.372 bits per heavy atom. The van der Waals surface area contributed by atoms with Crippen LogP contribution in [0.2, 0.25) is 0 Å². The first-order chi connectivity index (χ1) is 46.3. The molecule has 0 saturated carbocycles. The van der Waals surface area contributed by atoms with Gasteiger partial charge in [-0.25, -0.2) is 0 Å². The number of carbonyl (C=O) groups excluding carboxylic acids is 1. The zero-order valence-corrected chi connectivity index (χ0v) is 60.4. The van der Waals surface area contributed by atoms with Gasteiger partial charge < -0.3 is 40.3 Å². The Bertz CT molecular complexity index is 2010. The SMILES string of the molecule is CC/C=C\C/C=C\C/C=C\C/C=C\C/C=C\C/C=C\C/C=C\C/C=C\C/C=C\C/C=C\C/C=C\C/C=C\CCCCCCC(=O)NC(COC1OC(CO)C(O)C(O)C1O)C(O)CCCCCCCCCCCCCCCCCCCCCCCCCCCCCCCC. The summed E-state index contributed by atoms with van der Waals surface area (Å²) in [5.41, 5.74) is 0. The first kappa shape index (κ1) is 88.1. The summed E-state index contributed by atoms with van der Waals surface area (Å²) in [7, 11) is 0. The van der Waals surface area contributed by atoms with Crippen LogP contribution in [0.4, 0.5) is 0 Å². The molecule has 0 radical (unpaired) electrons. The van der Waals surface area contributed by atoms with Gasteiger partial charge in [0.15, 0.2) is 6.29 Å². The minimum atomic E-state index is -1.57. The first-order valence-corrected chi connectivity index (χ1v) is 39.0. The van der Waals surface area contributed by atoms with Crippen LogP contribution in [-0.4, -0.2) is 87.5 Å². The molecule has 9 nitrogen and oxygen atoms in total. The van der Waals surface area contributed by atoms with E-state index in [1.54, 1.807) is 0 Å². The lowest BCUT2D eigenvalue weighted by atomic mass is 9.99. The van der Waals surface area contributed by atoms with Gasteiger partial charge in [-0.2, -0.15) is 0 Å². The molecule has 7 unspecified atom stereocenters. The second-order valence-corrected chi connectivity index (χ2v) is 26.4. The third-order valence-corrected chi connectivity index (χ3v) is 17.7. The van der Waals surface area contributed by atoms with Crippen molar-refractivity contribution in [3.63, 3.8) is 0 Å². The zero-order chi connectivity index (χ0) is 67.8. The largest absolute Gasteiger partial charge is 0.394 e. The number of rotatable bonds is 67. The lowest BCUT2D eigenvalue weighted by Gasteiger charge is -2.40. The van der Waals surface area contributed by atoms with Gasteiger partial charge >= 0.3 is 0 Å². The molecule has 1 aliphatic heterocycles. The normalized spacial score (nSPS) is 18.4. The summed E-state index contributed by atoms with van der Waals surface area (Å²) in [5, 5.41) is 55.0. The van der Waals surface area contributed by atoms with Crippen molar-refractivity contribution in [2.45, 2.75) is 371 Å². The van der Waals surface area contributed by atoms with Crippen molar-refractivity contribution in [3.05, 3.63) is 146 Å². The highest BCUT2D eigenvalue weighted by molar-refractivity contribution is 5.76. The Hall–Kier alpha value is -3.93. The number of amides is 1. The fourth-order valence-corrected chi connectivity index (χ4v) is 11.7. The number of hydrogen-bond acceptors (Lipinski definition) is 8. The number of aliphatic hydroxyl groups is 5. The monoisotopic (exact) mass is 1310 g/mol. The number of ether oxygens (including phenoxy) is 2. The van der Waals surface area contributed by atoms with E-state index in [0.717, 1.165) is 128 Å². The van der Waals surface area contributed by atoms with Gasteiger partial charge in [0.1, 0.15) is 24.4 Å². The molecule has 538 valence electrons. The summed E-state index contributed by atoms with van der Waals surface area (Å²) in [5.74, 6) is -0.170. The van der Waals surface area contributed by atoms with Crippen molar-refractivity contribution >= 4 is 5.91 Å². The molecule has 0 aromatic carbocycles. The lowest BCUT2D eigenvalue weighted by Crippen LogP contribution is -2.60. The molecule has 0 aliphatic carbocycles. The van der Waals surface area contributed by atoms with E-state index in [4.69, 9.17) is 9.47 Å². The number of unbranched alkanes of at least 4 members (excludes halogenated alkanes) is 33. The van der Waals surface area contributed by atoms with E-state index in [1.807, 2.05) is 0 Å². The Labute approximate surface area is 578 Å². The Morgan fingerprint density at radius 2 is 0.660 bits per heavy atom. The maximum absolute atomic E-state index is 13.2. The second kappa shape index (κ2) is 71.8. The molecule has 1 saturated heterocycles. The summed E-state index contributed by atoms with van der Waals surface area (Å²) >= 11 is 0. The smallest absolute Gasteiger partial charge is 0.220 e. The van der Waals surface area contributed by atoms with Gasteiger partial charge in [0.05, 0.1) is 25.4 Å². The Morgan fingerprint density at radius 3 is 0.979 bits per heavy atom. The van der Waals surface area contributed by atoms with E-state index in [1.165, 1.54) is 173 Å². The average Bonchev–Trinajstić information content (AvgIpc) is 0.831. The predicted octanol–water partition coefficient (Wildman–Crippen LogP) is 22.5. The molecule has 94 heavy (non-hydrogen) atoms. The molecule has 0 spiro atoms. The summed E-state index contributed by atoms with van der Waals surface area (Å²) in [4.78, 5) is 13.2. The van der Waals surface area contributed by atoms with Crippen LogP contribution in [-0.2, 0) is 14.3 Å². The average molecular weight is 1310 g/mol. The number of carbonyl (C=O) groups is 1. The maximum Gasteiger partial charge on any atom is 0.220 e. The molecule has 1 amide bonds. The molecular weight excluding hydrogens is 1160 g/mol. The fraction of sp³-hybridized carbons (Fsp3) is 0.706. The van der Waals surface area contributed by atoms with Crippen molar-refractivity contribution < 1.29 is 39.8 Å². The van der Waals surface area contributed by atoms with Gasteiger partial charge in [0.25, 0.3) is 0 Å². The van der Waals surface area contributed by atoms with Crippen LogP contribution in [0.25, 0.3) is 0 Å². The van der Waals surface area contributed by atoms with Crippen LogP contribution in [0.3, 0.4) is 0 Å². The van der Waals surface area contributed by atoms with Crippen LogP contribution in [0, 0.1) is 0 Å². The van der Waals surface area contributed by atoms with Crippen molar-refractivity contribution in [2.75, 3.05) is 13.2 Å². The molecular formula is C85H145NO8. The van der Waals surface area contributed by atoms with Gasteiger partial charge in [0.2, 0.25) is 5.91 Å². The Balaban J connectivity index is 2.14. The van der Waals surface area contributed by atoms with Gasteiger partial charge in [-0.15, -0.1) is 0 Å². The van der Waals surface area contributed by atoms with Crippen LogP contribution in [0.15, 0.2) is 146 Å². The highest BCUT2D eigenvalue weighted by Gasteiger charge is 2.44. The van der Waals surface area contributed by atoms with Crippen molar-refractivity contribution in [3.8, 4) is 0 Å². The van der Waals surface area contributed by atoms with Crippen molar-refractivity contribution in [2.24, 2.45) is 0 Å². The fourth-order valence-electron chi connectivity index (χ4n) is 11.7. The molecule has 0 aromatic heterocycles. The second-order valence-electron chi connectivity index (χ2n) is 26.4. The van der Waals surface area contributed by atoms with E-state index < -0.39 is 49.5 Å². The summed E-state index contributed by atoms with van der Waals surface area (Å²) in [6.07, 6.45) is 104. The molecule has 7 atom stereocenters. The molecule has 0 bridgehead atoms. The molecule has 1 rings (SSSR count). The first-order valence-electron chi connectivity index (χ1n) is 39.0. The van der Waals surface area contributed by atoms with Crippen molar-refractivity contribution in [1.29, 1.82) is 0 Å². The summed E-state index contributed by atoms with van der Waals surface area (Å²) in [6, 6.07) is -0.746. The van der Waals surface area contributed by atoms with Crippen LogP contribution >= 0.6 is 0 Å². The number of allylic oxidation sites excluding steroid dienone is 24. The summed E-state index contributed by atoms with van der Waals surface area (Å²) < 4.78 is 11.4. The standard InChI is InChI=1S/C85H145NO8/c1-3-5-7-9-11-13-15-17-19-21-23-25-27-29-31-33-35-36-37-38-39-40-41-42-43-44-45-47-49-51-53-55-57-59-61-63-65-67-69-71-73-75-81(89)86-78(77-93-85-84(92)83(91)82(90)80(76-87)94-85)79(88)74-72-70-68-66-64-62-60-58-56-54-52-50-48-46-34-32-30-28-26-24-22-20-18-16-14-12-10-8-6-4-2/h5,7,11,13,17,19,23,25,29,31,35-36,38-39,41-42,44-45,49,51,55,57,61,63,78-80,82-85,87-88,90-92H,3-4,6,8-10,12,14-16,18,20-22,24,26-28,30,32-34,37,40,43,46-48,50,52-54,56,58-60,62,64-77H2,1-2H3,(H,86,89)/b7-5-,13-11-,19-17-,25-23-,31-29-,36-35-,39-38-,42-41-,45-44-,51-49-,57-55-,63-61-. The minimum Gasteiger partial charge on any atom is -0.394 e. The quantitative estimate of drug-likeness (QED) is 0.0261. The topological polar surface area (TPSA) is 149 Å². The third kappa shape index (κ3) is 59.3. The molecule has 1 fully saturated rings. The van der Waals surface area contributed by atoms with Crippen LogP contribution in [0.5, 0.6) is 0 Å². The summed E-state index contributed by atoms with van der Waals surface area (Å²) in [6.45, 7) is 3.74. The molecule has 6 N–H and O–H groups in total. The number of nitrogens with one attached hydrogen (secondary N) is 1. The van der Waals surface area contributed by atoms with Gasteiger partial charge in [-0.1, -0.05) is 365 Å². The van der Waals surface area contributed by atoms with Gasteiger partial charge in [0, 0.05) is 6.42 Å². The maximum atomic E-state index is 13.2. The van der Waals surface area contributed by atoms with Crippen molar-refractivity contribution in [1.82, 2.24) is 5.32 Å². The third-order valence-electron chi connectivity index (χ3n) is 17.7. The van der Waals surface area contributed by atoms with Gasteiger partial charge in [-0.3, -0.25) is 4.79 Å². The number of hydrogen-bond donors (Lipinski definition) is 6. The molecule has 9 heteroatoms. The lowest BCUT2D eigenvalue weighted by molar-refractivity contribution is -0.302. The van der Waals surface area contributed by atoms with E-state index >= 15 is 0 Å². The minimum absolute atomic E-state index is 0.156. The van der Waals surface area contributed by atoms with Gasteiger partial charge in [-0.05, 0) is 103 Å². The van der Waals surface area contributed by atoms with E-state index in [0.29, 0.717) is 12.8 Å². The molecule has 1 heterocycles. The Kier molecular flexibility index (Phi) is 67.3. The highest BCUT2D eigenvalue weighted by atomic mass is 16.7. The van der Waals surface area contributed by atoms with E-state index in [-0.39, 0.29) is 12.5 Å². The van der Waals surface area contributed by atoms with E-state index in [9.17, 15) is 30.3 Å². The van der Waals surface area contributed by atoms with Crippen LogP contribution < -0.4 is 5.32 Å². The zero-order valence-electron chi connectivity index (χ0n) is 60.4. The molecule has 0 aromatic rings. The molecule has 1 aliphatic rings.